The molecule has 0 heterocycles. The van der Waals surface area contributed by atoms with E-state index in [1.54, 1.807) is 49.4 Å². The zero-order valence-corrected chi connectivity index (χ0v) is 24.6. The minimum absolute atomic E-state index is 0.0684. The number of carbonyl (C=O) groups excluding carboxylic acids is 2. The summed E-state index contributed by atoms with van der Waals surface area (Å²) < 4.78 is 30.1. The van der Waals surface area contributed by atoms with Crippen LogP contribution in [0.3, 0.4) is 0 Å². The van der Waals surface area contributed by atoms with Gasteiger partial charge in [0.2, 0.25) is 11.8 Å². The average molecular weight is 651 g/mol. The van der Waals surface area contributed by atoms with Crippen molar-refractivity contribution in [2.45, 2.75) is 37.8 Å². The second-order valence-corrected chi connectivity index (χ2v) is 12.1. The van der Waals surface area contributed by atoms with Gasteiger partial charge in [0.1, 0.15) is 12.6 Å². The molecule has 10 heteroatoms. The SMILES string of the molecule is CCCNC(=O)[C@H](C)N(Cc1ccc(Br)cc1)C(=O)CN(c1ccc(Br)cc1)S(=O)(=O)c1ccccc1. The third-order valence-corrected chi connectivity index (χ3v) is 8.55. The first-order valence-electron chi connectivity index (χ1n) is 11.8. The van der Waals surface area contributed by atoms with Crippen molar-refractivity contribution in [3.8, 4) is 0 Å². The first-order valence-corrected chi connectivity index (χ1v) is 14.8. The molecular formula is C27H29Br2N3O4S. The summed E-state index contributed by atoms with van der Waals surface area (Å²) in [6.07, 6.45) is 0.756. The molecule has 0 bridgehead atoms. The molecule has 7 nitrogen and oxygen atoms in total. The van der Waals surface area contributed by atoms with E-state index >= 15 is 0 Å². The van der Waals surface area contributed by atoms with E-state index in [0.717, 1.165) is 25.2 Å². The molecule has 0 aliphatic rings. The van der Waals surface area contributed by atoms with E-state index in [9.17, 15) is 18.0 Å². The van der Waals surface area contributed by atoms with Crippen LogP contribution in [-0.2, 0) is 26.2 Å². The molecule has 1 atom stereocenters. The molecule has 0 aliphatic carbocycles. The molecular weight excluding hydrogens is 622 g/mol. The largest absolute Gasteiger partial charge is 0.354 e. The number of anilines is 1. The molecule has 0 spiro atoms. The number of carbonyl (C=O) groups is 2. The van der Waals surface area contributed by atoms with Crippen molar-refractivity contribution >= 4 is 59.4 Å². The Morgan fingerprint density at radius 3 is 2.03 bits per heavy atom. The van der Waals surface area contributed by atoms with Crippen molar-refractivity contribution in [1.29, 1.82) is 0 Å². The highest BCUT2D eigenvalue weighted by molar-refractivity contribution is 9.10. The van der Waals surface area contributed by atoms with Crippen LogP contribution in [0.2, 0.25) is 0 Å². The molecule has 0 aromatic heterocycles. The van der Waals surface area contributed by atoms with Crippen LogP contribution < -0.4 is 9.62 Å². The van der Waals surface area contributed by atoms with Crippen LogP contribution in [0.4, 0.5) is 5.69 Å². The van der Waals surface area contributed by atoms with Gasteiger partial charge >= 0.3 is 0 Å². The normalized spacial score (nSPS) is 12.0. The monoisotopic (exact) mass is 649 g/mol. The lowest BCUT2D eigenvalue weighted by Crippen LogP contribution is -2.51. The zero-order chi connectivity index (χ0) is 27.0. The maximum absolute atomic E-state index is 13.8. The third kappa shape index (κ3) is 7.66. The molecule has 2 amide bonds. The van der Waals surface area contributed by atoms with Crippen LogP contribution in [-0.4, -0.2) is 44.3 Å². The summed E-state index contributed by atoms with van der Waals surface area (Å²) in [5.41, 5.74) is 1.15. The van der Waals surface area contributed by atoms with Gasteiger partial charge in [-0.3, -0.25) is 13.9 Å². The minimum Gasteiger partial charge on any atom is -0.354 e. The number of nitrogens with one attached hydrogen (secondary N) is 1. The molecule has 0 aliphatic heterocycles. The fraction of sp³-hybridized carbons (Fsp3) is 0.259. The molecule has 0 fully saturated rings. The van der Waals surface area contributed by atoms with Gasteiger partial charge in [-0.2, -0.15) is 0 Å². The summed E-state index contributed by atoms with van der Waals surface area (Å²) >= 11 is 6.78. The van der Waals surface area contributed by atoms with Crippen LogP contribution in [0.1, 0.15) is 25.8 Å². The number of sulfonamides is 1. The number of benzene rings is 3. The Labute approximate surface area is 235 Å². The Morgan fingerprint density at radius 2 is 1.46 bits per heavy atom. The molecule has 0 unspecified atom stereocenters. The van der Waals surface area contributed by atoms with Crippen LogP contribution in [0.15, 0.2) is 92.7 Å². The van der Waals surface area contributed by atoms with Gasteiger partial charge in [0, 0.05) is 22.0 Å². The minimum atomic E-state index is -4.07. The number of amides is 2. The lowest BCUT2D eigenvalue weighted by atomic mass is 10.1. The Balaban J connectivity index is 1.99. The second kappa shape index (κ2) is 13.2. The smallest absolute Gasteiger partial charge is 0.264 e. The van der Waals surface area contributed by atoms with Crippen molar-refractivity contribution < 1.29 is 18.0 Å². The highest BCUT2D eigenvalue weighted by Crippen LogP contribution is 2.26. The van der Waals surface area contributed by atoms with E-state index in [1.165, 1.54) is 17.0 Å². The topological polar surface area (TPSA) is 86.8 Å². The Morgan fingerprint density at radius 1 is 0.892 bits per heavy atom. The number of hydrogen-bond acceptors (Lipinski definition) is 4. The Kier molecular flexibility index (Phi) is 10.3. The molecule has 0 saturated heterocycles. The summed E-state index contributed by atoms with van der Waals surface area (Å²) in [6.45, 7) is 3.75. The third-order valence-electron chi connectivity index (χ3n) is 5.71. The van der Waals surface area contributed by atoms with Crippen molar-refractivity contribution in [3.05, 3.63) is 93.4 Å². The van der Waals surface area contributed by atoms with Crippen LogP contribution in [0.25, 0.3) is 0 Å². The fourth-order valence-corrected chi connectivity index (χ4v) is 5.58. The number of halogens is 2. The highest BCUT2D eigenvalue weighted by Gasteiger charge is 2.32. The highest BCUT2D eigenvalue weighted by atomic mass is 79.9. The van der Waals surface area contributed by atoms with Gasteiger partial charge in [0.15, 0.2) is 0 Å². The predicted octanol–water partition coefficient (Wildman–Crippen LogP) is 5.35. The summed E-state index contributed by atoms with van der Waals surface area (Å²) in [4.78, 5) is 28.1. The lowest BCUT2D eigenvalue weighted by Gasteiger charge is -2.32. The molecule has 1 N–H and O–H groups in total. The summed E-state index contributed by atoms with van der Waals surface area (Å²) in [7, 11) is -4.07. The number of rotatable bonds is 11. The van der Waals surface area contributed by atoms with E-state index in [0.29, 0.717) is 12.2 Å². The zero-order valence-electron chi connectivity index (χ0n) is 20.6. The fourth-order valence-electron chi connectivity index (χ4n) is 3.62. The molecule has 196 valence electrons. The quantitative estimate of drug-likeness (QED) is 0.303. The Hall–Kier alpha value is -2.69. The predicted molar refractivity (Wildman–Crippen MR) is 153 cm³/mol. The van der Waals surface area contributed by atoms with Crippen molar-refractivity contribution in [2.75, 3.05) is 17.4 Å². The first kappa shape index (κ1) is 28.9. The van der Waals surface area contributed by atoms with Crippen LogP contribution in [0.5, 0.6) is 0 Å². The van der Waals surface area contributed by atoms with Gasteiger partial charge in [0.25, 0.3) is 10.0 Å². The standard InChI is InChI=1S/C27H29Br2N3O4S/c1-3-17-30-27(34)20(2)31(18-21-9-11-22(28)12-10-21)26(33)19-32(24-15-13-23(29)14-16-24)37(35,36)25-7-5-4-6-8-25/h4-16,20H,3,17-19H2,1-2H3,(H,30,34)/t20-/m0/s1. The van der Waals surface area contributed by atoms with E-state index < -0.39 is 28.5 Å². The molecule has 0 saturated carbocycles. The average Bonchev–Trinajstić information content (AvgIpc) is 2.90. The maximum atomic E-state index is 13.8. The molecule has 3 aromatic carbocycles. The summed E-state index contributed by atoms with van der Waals surface area (Å²) in [5.74, 6) is -0.794. The van der Waals surface area contributed by atoms with Gasteiger partial charge in [0.05, 0.1) is 10.6 Å². The van der Waals surface area contributed by atoms with Crippen molar-refractivity contribution in [1.82, 2.24) is 10.2 Å². The number of nitrogens with zero attached hydrogens (tertiary/aromatic N) is 2. The molecule has 3 aromatic rings. The lowest BCUT2D eigenvalue weighted by molar-refractivity contribution is -0.139. The van der Waals surface area contributed by atoms with Gasteiger partial charge < -0.3 is 10.2 Å². The van der Waals surface area contributed by atoms with E-state index in [4.69, 9.17) is 0 Å². The van der Waals surface area contributed by atoms with Crippen molar-refractivity contribution in [3.63, 3.8) is 0 Å². The molecule has 0 radical (unpaired) electrons. The van der Waals surface area contributed by atoms with E-state index in [-0.39, 0.29) is 17.3 Å². The molecule has 37 heavy (non-hydrogen) atoms. The Bertz CT molecular complexity index is 1300. The van der Waals surface area contributed by atoms with Crippen molar-refractivity contribution in [2.24, 2.45) is 0 Å². The number of hydrogen-bond donors (Lipinski definition) is 1. The summed E-state index contributed by atoms with van der Waals surface area (Å²) in [5, 5.41) is 2.83. The summed E-state index contributed by atoms with van der Waals surface area (Å²) in [6, 6.07) is 21.3. The first-order chi connectivity index (χ1) is 17.6. The molecule has 3 rings (SSSR count). The maximum Gasteiger partial charge on any atom is 0.264 e. The van der Waals surface area contributed by atoms with Gasteiger partial charge in [-0.05, 0) is 67.4 Å². The van der Waals surface area contributed by atoms with Gasteiger partial charge in [-0.25, -0.2) is 8.42 Å². The van der Waals surface area contributed by atoms with Crippen LogP contribution >= 0.6 is 31.9 Å². The van der Waals surface area contributed by atoms with Gasteiger partial charge in [-0.15, -0.1) is 0 Å². The van der Waals surface area contributed by atoms with Crippen LogP contribution in [0, 0.1) is 0 Å². The van der Waals surface area contributed by atoms with Gasteiger partial charge in [-0.1, -0.05) is 69.1 Å². The second-order valence-electron chi connectivity index (χ2n) is 8.42. The van der Waals surface area contributed by atoms with E-state index in [1.807, 2.05) is 31.2 Å². The van der Waals surface area contributed by atoms with E-state index in [2.05, 4.69) is 37.2 Å².